The third-order valence-corrected chi connectivity index (χ3v) is 6.81. The SMILES string of the molecule is COc1ccc(OC)c(N(CCN2CCC(C(=O)c3ccc(F)cc3)CC2)C(=O)c2ccc(N)cc2)c1. The predicted octanol–water partition coefficient (Wildman–Crippen LogP) is 4.67. The molecule has 0 spiro atoms. The van der Waals surface area contributed by atoms with E-state index in [0.29, 0.717) is 59.9 Å². The van der Waals surface area contributed by atoms with Gasteiger partial charge in [-0.15, -0.1) is 0 Å². The molecule has 1 aliphatic rings. The first kappa shape index (κ1) is 26.2. The van der Waals surface area contributed by atoms with E-state index in [0.717, 1.165) is 13.1 Å². The zero-order valence-corrected chi connectivity index (χ0v) is 21.2. The Morgan fingerprint density at radius 2 is 1.59 bits per heavy atom. The lowest BCUT2D eigenvalue weighted by molar-refractivity contribution is 0.0841. The number of rotatable bonds is 9. The number of nitrogen functional groups attached to an aromatic ring is 1. The quantitative estimate of drug-likeness (QED) is 0.336. The monoisotopic (exact) mass is 505 g/mol. The number of amides is 1. The van der Waals surface area contributed by atoms with E-state index in [1.165, 1.54) is 12.1 Å². The fourth-order valence-corrected chi connectivity index (χ4v) is 4.63. The van der Waals surface area contributed by atoms with E-state index in [-0.39, 0.29) is 23.4 Å². The molecule has 1 fully saturated rings. The summed E-state index contributed by atoms with van der Waals surface area (Å²) in [6.07, 6.45) is 1.43. The van der Waals surface area contributed by atoms with Gasteiger partial charge in [-0.25, -0.2) is 4.39 Å². The molecule has 8 heteroatoms. The average molecular weight is 506 g/mol. The number of methoxy groups -OCH3 is 2. The summed E-state index contributed by atoms with van der Waals surface area (Å²) >= 11 is 0. The van der Waals surface area contributed by atoms with Gasteiger partial charge in [0.15, 0.2) is 5.78 Å². The zero-order chi connectivity index (χ0) is 26.4. The van der Waals surface area contributed by atoms with E-state index in [1.54, 1.807) is 73.7 Å². The lowest BCUT2D eigenvalue weighted by Gasteiger charge is -2.33. The Balaban J connectivity index is 1.47. The Kier molecular flexibility index (Phi) is 8.40. The molecule has 2 N–H and O–H groups in total. The van der Waals surface area contributed by atoms with Crippen molar-refractivity contribution in [1.29, 1.82) is 0 Å². The van der Waals surface area contributed by atoms with Gasteiger partial charge in [0.05, 0.1) is 19.9 Å². The third-order valence-electron chi connectivity index (χ3n) is 6.81. The number of nitrogens with two attached hydrogens (primary N) is 1. The topological polar surface area (TPSA) is 85.1 Å². The van der Waals surface area contributed by atoms with Crippen molar-refractivity contribution >= 4 is 23.1 Å². The molecule has 37 heavy (non-hydrogen) atoms. The summed E-state index contributed by atoms with van der Waals surface area (Å²) in [5, 5.41) is 0. The van der Waals surface area contributed by atoms with Gasteiger partial charge in [0.25, 0.3) is 5.91 Å². The number of nitrogens with zero attached hydrogens (tertiary/aromatic N) is 2. The number of carbonyl (C=O) groups excluding carboxylic acids is 2. The van der Waals surface area contributed by atoms with Crippen LogP contribution in [0.1, 0.15) is 33.6 Å². The molecule has 0 unspecified atom stereocenters. The highest BCUT2D eigenvalue weighted by molar-refractivity contribution is 6.07. The molecule has 1 amide bonds. The summed E-state index contributed by atoms with van der Waals surface area (Å²) in [5.74, 6) is 0.623. The predicted molar refractivity (Wildman–Crippen MR) is 142 cm³/mol. The van der Waals surface area contributed by atoms with Gasteiger partial charge in [-0.05, 0) is 86.6 Å². The maximum atomic E-state index is 13.6. The van der Waals surface area contributed by atoms with Gasteiger partial charge in [-0.3, -0.25) is 9.59 Å². The number of piperidine rings is 1. The lowest BCUT2D eigenvalue weighted by Crippen LogP contribution is -2.43. The van der Waals surface area contributed by atoms with Gasteiger partial charge < -0.3 is 25.0 Å². The molecule has 7 nitrogen and oxygen atoms in total. The van der Waals surface area contributed by atoms with Gasteiger partial charge in [0.2, 0.25) is 0 Å². The average Bonchev–Trinajstić information content (AvgIpc) is 2.93. The minimum atomic E-state index is -0.350. The van der Waals surface area contributed by atoms with Crippen LogP contribution < -0.4 is 20.1 Å². The number of hydrogen-bond donors (Lipinski definition) is 1. The second-order valence-corrected chi connectivity index (χ2v) is 9.10. The second kappa shape index (κ2) is 11.9. The molecule has 0 aromatic heterocycles. The van der Waals surface area contributed by atoms with Crippen LogP contribution in [-0.2, 0) is 0 Å². The molecule has 0 atom stereocenters. The summed E-state index contributed by atoms with van der Waals surface area (Å²) in [6.45, 7) is 2.51. The molecule has 0 radical (unpaired) electrons. The first-order chi connectivity index (χ1) is 17.9. The van der Waals surface area contributed by atoms with E-state index in [1.807, 2.05) is 0 Å². The summed E-state index contributed by atoms with van der Waals surface area (Å²) in [5.41, 5.74) is 8.08. The fourth-order valence-electron chi connectivity index (χ4n) is 4.63. The number of carbonyl (C=O) groups is 2. The Hall–Kier alpha value is -3.91. The molecule has 1 saturated heterocycles. The largest absolute Gasteiger partial charge is 0.497 e. The molecule has 3 aromatic carbocycles. The summed E-state index contributed by atoms with van der Waals surface area (Å²) in [6, 6.07) is 17.9. The van der Waals surface area contributed by atoms with Crippen LogP contribution in [0.3, 0.4) is 0 Å². The van der Waals surface area contributed by atoms with Crippen LogP contribution in [0, 0.1) is 11.7 Å². The van der Waals surface area contributed by atoms with Crippen molar-refractivity contribution in [3.05, 3.63) is 83.7 Å². The lowest BCUT2D eigenvalue weighted by atomic mass is 9.89. The second-order valence-electron chi connectivity index (χ2n) is 9.10. The van der Waals surface area contributed by atoms with Crippen LogP contribution >= 0.6 is 0 Å². The van der Waals surface area contributed by atoms with Crippen molar-refractivity contribution in [2.75, 3.05) is 51.0 Å². The van der Waals surface area contributed by atoms with Crippen molar-refractivity contribution in [2.24, 2.45) is 5.92 Å². The Morgan fingerprint density at radius 1 is 0.946 bits per heavy atom. The van der Waals surface area contributed by atoms with E-state index >= 15 is 0 Å². The fraction of sp³-hybridized carbons (Fsp3) is 0.310. The number of anilines is 2. The van der Waals surface area contributed by atoms with Crippen LogP contribution in [0.4, 0.5) is 15.8 Å². The van der Waals surface area contributed by atoms with E-state index in [9.17, 15) is 14.0 Å². The van der Waals surface area contributed by atoms with Gasteiger partial charge in [0.1, 0.15) is 17.3 Å². The van der Waals surface area contributed by atoms with E-state index < -0.39 is 0 Å². The van der Waals surface area contributed by atoms with Gasteiger partial charge in [-0.1, -0.05) is 0 Å². The van der Waals surface area contributed by atoms with Crippen LogP contribution in [0.2, 0.25) is 0 Å². The highest BCUT2D eigenvalue weighted by Crippen LogP contribution is 2.33. The van der Waals surface area contributed by atoms with Gasteiger partial charge in [0, 0.05) is 41.9 Å². The Bertz CT molecular complexity index is 1220. The standard InChI is InChI=1S/C29H32FN3O4/c1-36-25-11-12-27(37-2)26(19-25)33(29(35)22-5-9-24(31)10-6-22)18-17-32-15-13-21(14-16-32)28(34)20-3-7-23(30)8-4-20/h3-12,19,21H,13-18,31H2,1-2H3. The molecule has 1 heterocycles. The van der Waals surface area contributed by atoms with Crippen LogP contribution in [0.25, 0.3) is 0 Å². The third kappa shape index (κ3) is 6.27. The Labute approximate surface area is 216 Å². The van der Waals surface area contributed by atoms with Crippen molar-refractivity contribution in [3.63, 3.8) is 0 Å². The smallest absolute Gasteiger partial charge is 0.258 e. The number of halogens is 1. The molecule has 4 rings (SSSR count). The number of ketones is 1. The number of Topliss-reactive ketones (excluding diaryl/α,β-unsaturated/α-hetero) is 1. The zero-order valence-electron chi connectivity index (χ0n) is 21.2. The van der Waals surface area contributed by atoms with Crippen molar-refractivity contribution < 1.29 is 23.5 Å². The highest BCUT2D eigenvalue weighted by atomic mass is 19.1. The van der Waals surface area contributed by atoms with E-state index in [2.05, 4.69) is 4.90 Å². The summed E-state index contributed by atoms with van der Waals surface area (Å²) in [7, 11) is 3.15. The summed E-state index contributed by atoms with van der Waals surface area (Å²) < 4.78 is 24.2. The molecule has 0 saturated carbocycles. The first-order valence-electron chi connectivity index (χ1n) is 12.3. The minimum Gasteiger partial charge on any atom is -0.497 e. The molecule has 194 valence electrons. The number of ether oxygens (including phenoxy) is 2. The van der Waals surface area contributed by atoms with Gasteiger partial charge >= 0.3 is 0 Å². The molecular formula is C29H32FN3O4. The maximum absolute atomic E-state index is 13.6. The number of hydrogen-bond acceptors (Lipinski definition) is 6. The van der Waals surface area contributed by atoms with Crippen molar-refractivity contribution in [3.8, 4) is 11.5 Å². The highest BCUT2D eigenvalue weighted by Gasteiger charge is 2.27. The number of likely N-dealkylation sites (tertiary alicyclic amines) is 1. The van der Waals surface area contributed by atoms with Crippen molar-refractivity contribution in [1.82, 2.24) is 4.90 Å². The Morgan fingerprint density at radius 3 is 2.22 bits per heavy atom. The van der Waals surface area contributed by atoms with Crippen LogP contribution in [-0.4, -0.2) is 57.0 Å². The van der Waals surface area contributed by atoms with Crippen molar-refractivity contribution in [2.45, 2.75) is 12.8 Å². The molecule has 0 aliphatic carbocycles. The molecule has 1 aliphatic heterocycles. The molecule has 0 bridgehead atoms. The first-order valence-corrected chi connectivity index (χ1v) is 12.3. The molecule has 3 aromatic rings. The van der Waals surface area contributed by atoms with Gasteiger partial charge in [-0.2, -0.15) is 0 Å². The molecular weight excluding hydrogens is 473 g/mol. The van der Waals surface area contributed by atoms with Crippen LogP contribution in [0.15, 0.2) is 66.7 Å². The summed E-state index contributed by atoms with van der Waals surface area (Å²) in [4.78, 5) is 30.4. The van der Waals surface area contributed by atoms with Crippen LogP contribution in [0.5, 0.6) is 11.5 Å². The maximum Gasteiger partial charge on any atom is 0.258 e. The number of benzene rings is 3. The minimum absolute atomic E-state index is 0.0564. The van der Waals surface area contributed by atoms with E-state index in [4.69, 9.17) is 15.2 Å². The normalized spacial score (nSPS) is 14.2.